The number of aromatic nitrogens is 4. The highest BCUT2D eigenvalue weighted by molar-refractivity contribution is 7.99. The van der Waals surface area contributed by atoms with E-state index >= 15 is 0 Å². The summed E-state index contributed by atoms with van der Waals surface area (Å²) in [5.74, 6) is 0. The lowest BCUT2D eigenvalue weighted by molar-refractivity contribution is -0.384. The lowest BCUT2D eigenvalue weighted by atomic mass is 10.1. The van der Waals surface area contributed by atoms with Gasteiger partial charge in [0.1, 0.15) is 0 Å². The number of tetrazole rings is 1. The summed E-state index contributed by atoms with van der Waals surface area (Å²) in [6.45, 7) is 2.69. The first-order valence-corrected chi connectivity index (χ1v) is 9.09. The fraction of sp³-hybridized carbons (Fsp3) is 0.267. The maximum Gasteiger partial charge on any atom is 0.269 e. The SMILES string of the molecule is CC(Sc1nnnn1CCc1cccs1)c1cccc([N+](=O)[O-])c1. The maximum absolute atomic E-state index is 10.9. The summed E-state index contributed by atoms with van der Waals surface area (Å²) in [6, 6.07) is 10.8. The van der Waals surface area contributed by atoms with E-state index in [0.717, 1.165) is 12.0 Å². The molecule has 2 aromatic heterocycles. The molecule has 0 spiro atoms. The fourth-order valence-corrected chi connectivity index (χ4v) is 3.84. The Morgan fingerprint density at radius 3 is 3.00 bits per heavy atom. The molecule has 0 fully saturated rings. The second-order valence-corrected chi connectivity index (χ2v) is 7.47. The normalized spacial score (nSPS) is 12.2. The van der Waals surface area contributed by atoms with Crippen molar-refractivity contribution in [1.29, 1.82) is 0 Å². The van der Waals surface area contributed by atoms with Crippen molar-refractivity contribution in [3.8, 4) is 0 Å². The van der Waals surface area contributed by atoms with Crippen LogP contribution in [-0.2, 0) is 13.0 Å². The van der Waals surface area contributed by atoms with Crippen molar-refractivity contribution in [2.45, 2.75) is 30.3 Å². The number of rotatable bonds is 7. The van der Waals surface area contributed by atoms with Gasteiger partial charge in [-0.1, -0.05) is 30.0 Å². The Labute approximate surface area is 146 Å². The second-order valence-electron chi connectivity index (χ2n) is 5.13. The molecule has 9 heteroatoms. The van der Waals surface area contributed by atoms with Gasteiger partial charge in [-0.2, -0.15) is 0 Å². The first-order chi connectivity index (χ1) is 11.6. The Bertz CT molecular complexity index is 819. The van der Waals surface area contributed by atoms with Crippen molar-refractivity contribution in [3.63, 3.8) is 0 Å². The molecule has 0 aliphatic carbocycles. The quantitative estimate of drug-likeness (QED) is 0.362. The van der Waals surface area contributed by atoms with Gasteiger partial charge < -0.3 is 0 Å². The highest BCUT2D eigenvalue weighted by Crippen LogP contribution is 2.34. The molecule has 2 heterocycles. The van der Waals surface area contributed by atoms with Gasteiger partial charge in [0.05, 0.1) is 11.5 Å². The van der Waals surface area contributed by atoms with Crippen LogP contribution in [0.1, 0.15) is 22.6 Å². The lowest BCUT2D eigenvalue weighted by Gasteiger charge is -2.11. The lowest BCUT2D eigenvalue weighted by Crippen LogP contribution is -2.05. The number of non-ortho nitro benzene ring substituents is 1. The predicted octanol–water partition coefficient (Wildman–Crippen LogP) is 3.74. The zero-order valence-electron chi connectivity index (χ0n) is 12.9. The van der Waals surface area contributed by atoms with E-state index in [1.165, 1.54) is 22.7 Å². The van der Waals surface area contributed by atoms with E-state index in [1.54, 1.807) is 28.2 Å². The summed E-state index contributed by atoms with van der Waals surface area (Å²) in [4.78, 5) is 11.8. The molecule has 0 radical (unpaired) electrons. The van der Waals surface area contributed by atoms with Crippen LogP contribution >= 0.6 is 23.1 Å². The van der Waals surface area contributed by atoms with Crippen LogP contribution in [-0.4, -0.2) is 25.1 Å². The van der Waals surface area contributed by atoms with Crippen LogP contribution in [0, 0.1) is 10.1 Å². The average Bonchev–Trinajstić information content (AvgIpc) is 3.24. The van der Waals surface area contributed by atoms with Crippen LogP contribution in [0.25, 0.3) is 0 Å². The Morgan fingerprint density at radius 2 is 2.25 bits per heavy atom. The number of hydrogen-bond donors (Lipinski definition) is 0. The van der Waals surface area contributed by atoms with Crippen molar-refractivity contribution in [1.82, 2.24) is 20.2 Å². The van der Waals surface area contributed by atoms with E-state index < -0.39 is 0 Å². The highest BCUT2D eigenvalue weighted by Gasteiger charge is 2.16. The largest absolute Gasteiger partial charge is 0.269 e. The van der Waals surface area contributed by atoms with Crippen molar-refractivity contribution in [3.05, 3.63) is 62.3 Å². The van der Waals surface area contributed by atoms with E-state index in [1.807, 2.05) is 19.1 Å². The molecule has 3 rings (SSSR count). The second kappa shape index (κ2) is 7.54. The van der Waals surface area contributed by atoms with Crippen LogP contribution in [0.2, 0.25) is 0 Å². The first-order valence-electron chi connectivity index (χ1n) is 7.33. The zero-order valence-corrected chi connectivity index (χ0v) is 14.5. The molecule has 7 nitrogen and oxygen atoms in total. The number of nitrogens with zero attached hydrogens (tertiary/aromatic N) is 5. The molecule has 0 amide bonds. The first kappa shape index (κ1) is 16.6. The minimum absolute atomic E-state index is 0.0105. The fourth-order valence-electron chi connectivity index (χ4n) is 2.21. The van der Waals surface area contributed by atoms with E-state index in [4.69, 9.17) is 0 Å². The molecule has 0 aliphatic rings. The molecular formula is C15H15N5O2S2. The van der Waals surface area contributed by atoms with Crippen LogP contribution in [0.3, 0.4) is 0 Å². The standard InChI is InChI=1S/C15H15N5O2S2/c1-11(12-4-2-5-13(10-12)20(21)22)24-15-16-17-18-19(15)8-7-14-6-3-9-23-14/h2-6,9-11H,7-8H2,1H3. The zero-order chi connectivity index (χ0) is 16.9. The minimum atomic E-state index is -0.383. The number of aryl methyl sites for hydroxylation is 2. The summed E-state index contributed by atoms with van der Waals surface area (Å²) >= 11 is 3.21. The van der Waals surface area contributed by atoms with Crippen molar-refractivity contribution < 1.29 is 4.92 Å². The summed E-state index contributed by atoms with van der Waals surface area (Å²) in [6.07, 6.45) is 0.876. The van der Waals surface area contributed by atoms with Gasteiger partial charge in [-0.15, -0.1) is 16.4 Å². The van der Waals surface area contributed by atoms with Gasteiger partial charge in [0, 0.05) is 28.7 Å². The summed E-state index contributed by atoms with van der Waals surface area (Å²) < 4.78 is 1.78. The summed E-state index contributed by atoms with van der Waals surface area (Å²) in [5, 5.41) is 25.5. The maximum atomic E-state index is 10.9. The van der Waals surface area contributed by atoms with Crippen LogP contribution in [0.15, 0.2) is 46.9 Å². The van der Waals surface area contributed by atoms with Gasteiger partial charge in [-0.25, -0.2) is 4.68 Å². The molecule has 0 aliphatic heterocycles. The van der Waals surface area contributed by atoms with E-state index in [0.29, 0.717) is 11.7 Å². The molecule has 0 bridgehead atoms. The molecule has 3 aromatic rings. The molecule has 0 saturated heterocycles. The third kappa shape index (κ3) is 3.98. The molecule has 1 atom stereocenters. The topological polar surface area (TPSA) is 86.7 Å². The van der Waals surface area contributed by atoms with Crippen LogP contribution in [0.5, 0.6) is 0 Å². The molecule has 24 heavy (non-hydrogen) atoms. The molecular weight excluding hydrogens is 346 g/mol. The molecule has 0 N–H and O–H groups in total. The number of hydrogen-bond acceptors (Lipinski definition) is 7. The van der Waals surface area contributed by atoms with Crippen molar-refractivity contribution >= 4 is 28.8 Å². The molecule has 1 aromatic carbocycles. The highest BCUT2D eigenvalue weighted by atomic mass is 32.2. The summed E-state index contributed by atoms with van der Waals surface area (Å²) in [7, 11) is 0. The van der Waals surface area contributed by atoms with Gasteiger partial charge in [0.15, 0.2) is 0 Å². The number of benzene rings is 1. The smallest absolute Gasteiger partial charge is 0.258 e. The number of nitro benzene ring substituents is 1. The third-order valence-electron chi connectivity index (χ3n) is 3.48. The van der Waals surface area contributed by atoms with Gasteiger partial charge in [-0.3, -0.25) is 10.1 Å². The van der Waals surface area contributed by atoms with Gasteiger partial charge in [0.2, 0.25) is 5.16 Å². The third-order valence-corrected chi connectivity index (χ3v) is 5.55. The van der Waals surface area contributed by atoms with Gasteiger partial charge in [0.25, 0.3) is 5.69 Å². The van der Waals surface area contributed by atoms with Crippen LogP contribution < -0.4 is 0 Å². The number of thiophene rings is 1. The predicted molar refractivity (Wildman–Crippen MR) is 93.2 cm³/mol. The monoisotopic (exact) mass is 361 g/mol. The molecule has 124 valence electrons. The minimum Gasteiger partial charge on any atom is -0.258 e. The van der Waals surface area contributed by atoms with Gasteiger partial charge >= 0.3 is 0 Å². The van der Waals surface area contributed by atoms with Crippen LogP contribution in [0.4, 0.5) is 5.69 Å². The average molecular weight is 361 g/mol. The van der Waals surface area contributed by atoms with E-state index in [-0.39, 0.29) is 15.9 Å². The Hall–Kier alpha value is -2.26. The number of thioether (sulfide) groups is 1. The number of nitro groups is 1. The van der Waals surface area contributed by atoms with E-state index in [2.05, 4.69) is 27.0 Å². The Morgan fingerprint density at radius 1 is 1.38 bits per heavy atom. The molecule has 1 unspecified atom stereocenters. The van der Waals surface area contributed by atoms with Gasteiger partial charge in [-0.05, 0) is 34.4 Å². The Kier molecular flexibility index (Phi) is 5.21. The Balaban J connectivity index is 1.68. The summed E-state index contributed by atoms with van der Waals surface area (Å²) in [5.41, 5.74) is 0.972. The van der Waals surface area contributed by atoms with Crippen molar-refractivity contribution in [2.24, 2.45) is 0 Å². The van der Waals surface area contributed by atoms with E-state index in [9.17, 15) is 10.1 Å². The molecule has 0 saturated carbocycles. The van der Waals surface area contributed by atoms with Crippen molar-refractivity contribution in [2.75, 3.05) is 0 Å².